The van der Waals surface area contributed by atoms with Crippen LogP contribution < -0.4 is 5.32 Å². The van der Waals surface area contributed by atoms with E-state index in [2.05, 4.69) is 11.4 Å². The van der Waals surface area contributed by atoms with Gasteiger partial charge < -0.3 is 15.5 Å². The first-order valence-electron chi connectivity index (χ1n) is 6.47. The first kappa shape index (κ1) is 14.9. The van der Waals surface area contributed by atoms with Crippen molar-refractivity contribution in [2.45, 2.75) is 51.0 Å². The fourth-order valence-corrected chi connectivity index (χ4v) is 2.24. The first-order chi connectivity index (χ1) is 8.52. The summed E-state index contributed by atoms with van der Waals surface area (Å²) in [4.78, 5) is 12.3. The number of nitrogens with zero attached hydrogens (tertiary/aromatic N) is 1. The topological polar surface area (TPSA) is 93.3 Å². The lowest BCUT2D eigenvalue weighted by Gasteiger charge is -2.32. The zero-order valence-electron chi connectivity index (χ0n) is 10.9. The van der Waals surface area contributed by atoms with Gasteiger partial charge in [-0.05, 0) is 19.8 Å². The van der Waals surface area contributed by atoms with E-state index in [0.29, 0.717) is 12.8 Å². The highest BCUT2D eigenvalue weighted by molar-refractivity contribution is 5.86. The predicted molar refractivity (Wildman–Crippen MR) is 66.5 cm³/mol. The van der Waals surface area contributed by atoms with E-state index < -0.39 is 11.0 Å². The van der Waals surface area contributed by atoms with Crippen LogP contribution in [0.15, 0.2) is 0 Å². The molecule has 0 heterocycles. The Bertz CT molecular complexity index is 324. The smallest absolute Gasteiger partial charge is 0.241 e. The quantitative estimate of drug-likeness (QED) is 0.644. The maximum absolute atomic E-state index is 12.3. The fraction of sp³-hybridized carbons (Fsp3) is 0.846. The minimum Gasteiger partial charge on any atom is -0.394 e. The molecular weight excluding hydrogens is 232 g/mol. The minimum absolute atomic E-state index is 0.350. The van der Waals surface area contributed by atoms with Gasteiger partial charge in [-0.25, -0.2) is 0 Å². The molecule has 5 heteroatoms. The van der Waals surface area contributed by atoms with Crippen LogP contribution in [0.2, 0.25) is 0 Å². The summed E-state index contributed by atoms with van der Waals surface area (Å²) < 4.78 is 0. The number of carbonyl (C=O) groups excluding carboxylic acids is 1. The van der Waals surface area contributed by atoms with E-state index >= 15 is 0 Å². The summed E-state index contributed by atoms with van der Waals surface area (Å²) >= 11 is 0. The van der Waals surface area contributed by atoms with Crippen molar-refractivity contribution in [3.8, 4) is 6.07 Å². The van der Waals surface area contributed by atoms with Gasteiger partial charge >= 0.3 is 0 Å². The van der Waals surface area contributed by atoms with Gasteiger partial charge in [0.1, 0.15) is 5.41 Å². The molecule has 1 aliphatic carbocycles. The third-order valence-corrected chi connectivity index (χ3v) is 3.72. The van der Waals surface area contributed by atoms with E-state index in [1.807, 2.05) is 0 Å². The van der Waals surface area contributed by atoms with Gasteiger partial charge in [-0.2, -0.15) is 5.26 Å². The molecular formula is C13H22N2O3. The number of hydrogen-bond donors (Lipinski definition) is 3. The van der Waals surface area contributed by atoms with Gasteiger partial charge in [-0.3, -0.25) is 4.79 Å². The van der Waals surface area contributed by atoms with E-state index in [0.717, 1.165) is 25.7 Å². The molecule has 0 unspecified atom stereocenters. The zero-order chi connectivity index (χ0) is 13.6. The van der Waals surface area contributed by atoms with E-state index in [9.17, 15) is 20.3 Å². The van der Waals surface area contributed by atoms with Crippen LogP contribution in [0.4, 0.5) is 0 Å². The van der Waals surface area contributed by atoms with Gasteiger partial charge in [0, 0.05) is 0 Å². The summed E-state index contributed by atoms with van der Waals surface area (Å²) in [7, 11) is 0. The van der Waals surface area contributed by atoms with Crippen molar-refractivity contribution in [3.63, 3.8) is 0 Å². The molecule has 5 nitrogen and oxygen atoms in total. The molecule has 1 saturated carbocycles. The van der Waals surface area contributed by atoms with Gasteiger partial charge in [0.25, 0.3) is 0 Å². The van der Waals surface area contributed by atoms with E-state index in [1.165, 1.54) is 0 Å². The van der Waals surface area contributed by atoms with Crippen molar-refractivity contribution in [2.24, 2.45) is 5.41 Å². The second-order valence-corrected chi connectivity index (χ2v) is 5.44. The van der Waals surface area contributed by atoms with Crippen molar-refractivity contribution in [1.82, 2.24) is 5.32 Å². The zero-order valence-corrected chi connectivity index (χ0v) is 10.9. The van der Waals surface area contributed by atoms with Crippen molar-refractivity contribution in [3.05, 3.63) is 0 Å². The Morgan fingerprint density at radius 2 is 1.78 bits per heavy atom. The average molecular weight is 254 g/mol. The second kappa shape index (κ2) is 6.17. The highest BCUT2D eigenvalue weighted by atomic mass is 16.3. The first-order valence-corrected chi connectivity index (χ1v) is 6.47. The molecule has 0 atom stereocenters. The third kappa shape index (κ3) is 3.21. The summed E-state index contributed by atoms with van der Waals surface area (Å²) in [5.41, 5.74) is -2.06. The second-order valence-electron chi connectivity index (χ2n) is 5.44. The van der Waals surface area contributed by atoms with Gasteiger partial charge in [-0.15, -0.1) is 0 Å². The largest absolute Gasteiger partial charge is 0.394 e. The molecule has 0 saturated heterocycles. The van der Waals surface area contributed by atoms with E-state index in [1.54, 1.807) is 6.92 Å². The normalized spacial score (nSPS) is 19.7. The number of carbonyl (C=O) groups is 1. The van der Waals surface area contributed by atoms with Crippen LogP contribution >= 0.6 is 0 Å². The number of aliphatic hydroxyl groups is 2. The Kier molecular flexibility index (Phi) is 5.12. The number of aliphatic hydroxyl groups excluding tert-OH is 2. The fourth-order valence-electron chi connectivity index (χ4n) is 2.24. The third-order valence-electron chi connectivity index (χ3n) is 3.72. The lowest BCUT2D eigenvalue weighted by Crippen LogP contribution is -2.56. The van der Waals surface area contributed by atoms with Crippen molar-refractivity contribution in [1.29, 1.82) is 5.26 Å². The SMILES string of the molecule is CC(CO)(CO)NC(=O)C1(C#N)CCCCCC1. The Morgan fingerprint density at radius 1 is 1.28 bits per heavy atom. The minimum atomic E-state index is -1.06. The molecule has 1 aliphatic rings. The van der Waals surface area contributed by atoms with E-state index in [4.69, 9.17) is 0 Å². The van der Waals surface area contributed by atoms with E-state index in [-0.39, 0.29) is 19.1 Å². The van der Waals surface area contributed by atoms with Crippen molar-refractivity contribution >= 4 is 5.91 Å². The molecule has 0 aromatic heterocycles. The van der Waals surface area contributed by atoms with Gasteiger partial charge in [0.05, 0.1) is 24.8 Å². The Balaban J connectivity index is 2.82. The number of nitriles is 1. The Labute approximate surface area is 108 Å². The molecule has 18 heavy (non-hydrogen) atoms. The molecule has 0 aliphatic heterocycles. The number of nitrogens with one attached hydrogen (secondary N) is 1. The van der Waals surface area contributed by atoms with Crippen LogP contribution in [-0.4, -0.2) is 34.9 Å². The summed E-state index contributed by atoms with van der Waals surface area (Å²) in [6.07, 6.45) is 4.96. The molecule has 0 aromatic carbocycles. The summed E-state index contributed by atoms with van der Waals surface area (Å²) in [6.45, 7) is 0.861. The molecule has 0 bridgehead atoms. The number of rotatable bonds is 4. The lowest BCUT2D eigenvalue weighted by molar-refractivity contribution is -0.132. The molecule has 102 valence electrons. The highest BCUT2D eigenvalue weighted by Crippen LogP contribution is 2.35. The molecule has 1 amide bonds. The monoisotopic (exact) mass is 254 g/mol. The Hall–Kier alpha value is -1.12. The highest BCUT2D eigenvalue weighted by Gasteiger charge is 2.41. The van der Waals surface area contributed by atoms with Crippen LogP contribution in [0.3, 0.4) is 0 Å². The van der Waals surface area contributed by atoms with Crippen molar-refractivity contribution < 1.29 is 15.0 Å². The molecule has 1 fully saturated rings. The Morgan fingerprint density at radius 3 is 2.17 bits per heavy atom. The predicted octanol–water partition coefficient (Wildman–Crippen LogP) is 0.710. The molecule has 0 aromatic rings. The van der Waals surface area contributed by atoms with Crippen LogP contribution in [0.25, 0.3) is 0 Å². The van der Waals surface area contributed by atoms with Crippen LogP contribution in [0.1, 0.15) is 45.4 Å². The number of hydrogen-bond acceptors (Lipinski definition) is 4. The maximum atomic E-state index is 12.3. The maximum Gasteiger partial charge on any atom is 0.241 e. The van der Waals surface area contributed by atoms with Gasteiger partial charge in [0.15, 0.2) is 0 Å². The van der Waals surface area contributed by atoms with Crippen LogP contribution in [-0.2, 0) is 4.79 Å². The van der Waals surface area contributed by atoms with Crippen LogP contribution in [0, 0.1) is 16.7 Å². The summed E-state index contributed by atoms with van der Waals surface area (Å²) in [6, 6.07) is 2.15. The molecule has 1 rings (SSSR count). The summed E-state index contributed by atoms with van der Waals surface area (Å²) in [5.74, 6) is -0.363. The molecule has 3 N–H and O–H groups in total. The lowest BCUT2D eigenvalue weighted by atomic mass is 9.80. The van der Waals surface area contributed by atoms with Crippen molar-refractivity contribution in [2.75, 3.05) is 13.2 Å². The average Bonchev–Trinajstić information content (AvgIpc) is 2.64. The molecule has 0 spiro atoms. The van der Waals surface area contributed by atoms with Gasteiger partial charge in [0.2, 0.25) is 5.91 Å². The molecule has 0 radical (unpaired) electrons. The van der Waals surface area contributed by atoms with Gasteiger partial charge in [-0.1, -0.05) is 25.7 Å². The number of amides is 1. The van der Waals surface area contributed by atoms with Crippen LogP contribution in [0.5, 0.6) is 0 Å². The standard InChI is InChI=1S/C13H22N2O3/c1-12(9-16,10-17)15-11(18)13(8-14)6-4-2-3-5-7-13/h16-17H,2-7,9-10H2,1H3,(H,15,18). The summed E-state index contributed by atoms with van der Waals surface area (Å²) in [5, 5.41) is 30.3.